The molecular formula is C12H6Cl2N4O6. The van der Waals surface area contributed by atoms with Crippen LogP contribution in [0.3, 0.4) is 0 Å². The van der Waals surface area contributed by atoms with Gasteiger partial charge in [-0.15, -0.1) is 0 Å². The number of non-ortho nitro benzene ring substituents is 1. The van der Waals surface area contributed by atoms with Crippen LogP contribution < -0.4 is 5.32 Å². The molecule has 0 spiro atoms. The van der Waals surface area contributed by atoms with E-state index in [1.807, 2.05) is 0 Å². The number of nitro groups is 3. The van der Waals surface area contributed by atoms with Crippen LogP contribution in [-0.4, -0.2) is 14.8 Å². The van der Waals surface area contributed by atoms with Gasteiger partial charge in [0, 0.05) is 5.02 Å². The fourth-order valence-corrected chi connectivity index (χ4v) is 2.18. The van der Waals surface area contributed by atoms with Gasteiger partial charge in [-0.1, -0.05) is 23.2 Å². The number of hydrogen-bond acceptors (Lipinski definition) is 7. The number of hydrogen-bond donors (Lipinski definition) is 1. The maximum absolute atomic E-state index is 11.2. The van der Waals surface area contributed by atoms with Gasteiger partial charge in [0.25, 0.3) is 5.69 Å². The smallest absolute Gasteiger partial charge is 0.306 e. The SMILES string of the molecule is O=[N+]([O-])c1cc([N+](=O)[O-])c(Nc2cc(Cl)ccc2Cl)c([N+](=O)[O-])c1. The number of anilines is 2. The topological polar surface area (TPSA) is 141 Å². The quantitative estimate of drug-likeness (QED) is 0.602. The minimum atomic E-state index is -0.971. The highest BCUT2D eigenvalue weighted by Crippen LogP contribution is 2.41. The first-order chi connectivity index (χ1) is 11.2. The van der Waals surface area contributed by atoms with Crippen molar-refractivity contribution in [2.45, 2.75) is 0 Å². The van der Waals surface area contributed by atoms with Crippen molar-refractivity contribution < 1.29 is 14.8 Å². The van der Waals surface area contributed by atoms with Crippen molar-refractivity contribution in [1.29, 1.82) is 0 Å². The number of rotatable bonds is 5. The van der Waals surface area contributed by atoms with Crippen LogP contribution in [0.1, 0.15) is 0 Å². The lowest BCUT2D eigenvalue weighted by atomic mass is 10.2. The highest BCUT2D eigenvalue weighted by atomic mass is 35.5. The largest absolute Gasteiger partial charge is 0.343 e. The Kier molecular flexibility index (Phi) is 4.81. The van der Waals surface area contributed by atoms with Crippen molar-refractivity contribution in [3.8, 4) is 0 Å². The van der Waals surface area contributed by atoms with Gasteiger partial charge in [0.2, 0.25) is 0 Å². The second kappa shape index (κ2) is 6.64. The molecule has 0 amide bonds. The van der Waals surface area contributed by atoms with E-state index in [1.165, 1.54) is 18.2 Å². The Bertz CT molecular complexity index is 838. The molecule has 0 aliphatic heterocycles. The van der Waals surface area contributed by atoms with Gasteiger partial charge in [0.1, 0.15) is 0 Å². The molecule has 1 N–H and O–H groups in total. The van der Waals surface area contributed by atoms with Crippen molar-refractivity contribution in [1.82, 2.24) is 0 Å². The van der Waals surface area contributed by atoms with Crippen molar-refractivity contribution in [3.63, 3.8) is 0 Å². The molecule has 0 unspecified atom stereocenters. The Morgan fingerprint density at radius 1 is 0.833 bits per heavy atom. The zero-order chi connectivity index (χ0) is 18.0. The molecule has 0 radical (unpaired) electrons. The molecule has 0 saturated carbocycles. The van der Waals surface area contributed by atoms with Crippen molar-refractivity contribution in [3.05, 3.63) is 70.7 Å². The normalized spacial score (nSPS) is 10.2. The second-order valence-corrected chi connectivity index (χ2v) is 5.22. The summed E-state index contributed by atoms with van der Waals surface area (Å²) in [7, 11) is 0. The standard InChI is InChI=1S/C12H6Cl2N4O6/c13-6-1-2-8(14)9(3-6)15-12-10(17(21)22)4-7(16(19)20)5-11(12)18(23)24/h1-5,15H. The third kappa shape index (κ3) is 3.50. The molecule has 10 nitrogen and oxygen atoms in total. The molecule has 0 heterocycles. The van der Waals surface area contributed by atoms with E-state index in [0.717, 1.165) is 0 Å². The number of nitro benzene ring substituents is 3. The molecule has 0 bridgehead atoms. The Morgan fingerprint density at radius 3 is 1.83 bits per heavy atom. The van der Waals surface area contributed by atoms with Gasteiger partial charge in [0.15, 0.2) is 5.69 Å². The summed E-state index contributed by atoms with van der Waals surface area (Å²) in [5, 5.41) is 36.0. The molecule has 2 aromatic carbocycles. The average Bonchev–Trinajstić information content (AvgIpc) is 2.50. The Labute approximate surface area is 143 Å². The van der Waals surface area contributed by atoms with E-state index in [4.69, 9.17) is 23.2 Å². The van der Waals surface area contributed by atoms with Crippen molar-refractivity contribution in [2.24, 2.45) is 0 Å². The van der Waals surface area contributed by atoms with Crippen LogP contribution in [0.15, 0.2) is 30.3 Å². The zero-order valence-corrected chi connectivity index (χ0v) is 12.9. The molecule has 124 valence electrons. The van der Waals surface area contributed by atoms with E-state index >= 15 is 0 Å². The number of benzene rings is 2. The predicted octanol–water partition coefficient (Wildman–Crippen LogP) is 4.46. The molecule has 0 aliphatic rings. The minimum absolute atomic E-state index is 0.0734. The molecule has 0 aliphatic carbocycles. The van der Waals surface area contributed by atoms with Gasteiger partial charge < -0.3 is 5.32 Å². The summed E-state index contributed by atoms with van der Waals surface area (Å²) < 4.78 is 0. The summed E-state index contributed by atoms with van der Waals surface area (Å²) in [6.07, 6.45) is 0. The first-order valence-corrected chi connectivity index (χ1v) is 6.79. The summed E-state index contributed by atoms with van der Waals surface area (Å²) in [4.78, 5) is 30.3. The summed E-state index contributed by atoms with van der Waals surface area (Å²) >= 11 is 11.7. The fraction of sp³-hybridized carbons (Fsp3) is 0. The Hall–Kier alpha value is -2.98. The lowest BCUT2D eigenvalue weighted by Crippen LogP contribution is -2.03. The number of nitrogens with zero attached hydrogens (tertiary/aromatic N) is 3. The van der Waals surface area contributed by atoms with E-state index < -0.39 is 37.5 Å². The van der Waals surface area contributed by atoms with Crippen LogP contribution in [-0.2, 0) is 0 Å². The van der Waals surface area contributed by atoms with Crippen LogP contribution in [0, 0.1) is 30.3 Å². The molecule has 0 saturated heterocycles. The Morgan fingerprint density at radius 2 is 1.38 bits per heavy atom. The summed E-state index contributed by atoms with van der Waals surface area (Å²) in [5.74, 6) is 0. The highest BCUT2D eigenvalue weighted by Gasteiger charge is 2.31. The first-order valence-electron chi connectivity index (χ1n) is 6.04. The molecule has 0 fully saturated rings. The molecule has 24 heavy (non-hydrogen) atoms. The van der Waals surface area contributed by atoms with Crippen LogP contribution in [0.5, 0.6) is 0 Å². The van der Waals surface area contributed by atoms with Gasteiger partial charge in [0.05, 0.1) is 37.6 Å². The second-order valence-electron chi connectivity index (χ2n) is 4.38. The zero-order valence-electron chi connectivity index (χ0n) is 11.4. The fourth-order valence-electron chi connectivity index (χ4n) is 1.85. The predicted molar refractivity (Wildman–Crippen MR) is 86.1 cm³/mol. The summed E-state index contributed by atoms with van der Waals surface area (Å²) in [6.45, 7) is 0. The first kappa shape index (κ1) is 17.4. The minimum Gasteiger partial charge on any atom is -0.343 e. The van der Waals surface area contributed by atoms with Crippen LogP contribution in [0.25, 0.3) is 0 Å². The van der Waals surface area contributed by atoms with E-state index in [-0.39, 0.29) is 15.7 Å². The van der Waals surface area contributed by atoms with Crippen molar-refractivity contribution >= 4 is 51.6 Å². The number of nitrogens with one attached hydrogen (secondary N) is 1. The summed E-state index contributed by atoms with van der Waals surface area (Å²) in [5.41, 5.74) is -2.93. The third-order valence-electron chi connectivity index (χ3n) is 2.87. The van der Waals surface area contributed by atoms with Crippen molar-refractivity contribution in [2.75, 3.05) is 5.32 Å². The van der Waals surface area contributed by atoms with Gasteiger partial charge in [-0.25, -0.2) is 0 Å². The highest BCUT2D eigenvalue weighted by molar-refractivity contribution is 6.35. The molecule has 2 rings (SSSR count). The van der Waals surface area contributed by atoms with Gasteiger partial charge >= 0.3 is 11.4 Å². The molecule has 0 aromatic heterocycles. The third-order valence-corrected chi connectivity index (χ3v) is 3.44. The van der Waals surface area contributed by atoms with Crippen LogP contribution >= 0.6 is 23.2 Å². The van der Waals surface area contributed by atoms with E-state index in [2.05, 4.69) is 5.32 Å². The molecule has 2 aromatic rings. The Balaban J connectivity index is 2.70. The molecule has 12 heteroatoms. The average molecular weight is 373 g/mol. The van der Waals surface area contributed by atoms with E-state index in [9.17, 15) is 30.3 Å². The van der Waals surface area contributed by atoms with Crippen LogP contribution in [0.2, 0.25) is 10.0 Å². The lowest BCUT2D eigenvalue weighted by molar-refractivity contribution is -0.401. The molecular weight excluding hydrogens is 367 g/mol. The maximum atomic E-state index is 11.2. The van der Waals surface area contributed by atoms with E-state index in [1.54, 1.807) is 0 Å². The number of halogens is 2. The molecule has 0 atom stereocenters. The maximum Gasteiger partial charge on any atom is 0.306 e. The summed E-state index contributed by atoms with van der Waals surface area (Å²) in [6, 6.07) is 5.38. The van der Waals surface area contributed by atoms with E-state index in [0.29, 0.717) is 12.1 Å². The van der Waals surface area contributed by atoms with Gasteiger partial charge in [-0.05, 0) is 18.2 Å². The lowest BCUT2D eigenvalue weighted by Gasteiger charge is -2.10. The van der Waals surface area contributed by atoms with Gasteiger partial charge in [-0.3, -0.25) is 30.3 Å². The monoisotopic (exact) mass is 372 g/mol. The van der Waals surface area contributed by atoms with Crippen LogP contribution in [0.4, 0.5) is 28.4 Å². The van der Waals surface area contributed by atoms with Gasteiger partial charge in [-0.2, -0.15) is 0 Å².